The van der Waals surface area contributed by atoms with Gasteiger partial charge in [0, 0.05) is 16.9 Å². The van der Waals surface area contributed by atoms with Crippen molar-refractivity contribution in [2.75, 3.05) is 6.26 Å². The predicted molar refractivity (Wildman–Crippen MR) is 77.7 cm³/mol. The summed E-state index contributed by atoms with van der Waals surface area (Å²) in [6.07, 6.45) is 2.15. The molecule has 0 saturated heterocycles. The molecule has 0 bridgehead atoms. The Bertz CT molecular complexity index is 596. The maximum Gasteiger partial charge on any atom is 0.167 e. The summed E-state index contributed by atoms with van der Waals surface area (Å²) in [6.45, 7) is 0. The van der Waals surface area contributed by atoms with E-state index in [0.29, 0.717) is 11.1 Å². The molecule has 0 aliphatic rings. The molecule has 0 saturated carbocycles. The highest BCUT2D eigenvalue weighted by molar-refractivity contribution is 7.98. The third-order valence-corrected chi connectivity index (χ3v) is 3.81. The summed E-state index contributed by atoms with van der Waals surface area (Å²) in [5.41, 5.74) is 1.26. The van der Waals surface area contributed by atoms with E-state index < -0.39 is 5.82 Å². The standard InChI is InChI=1S/C15H12ClFOS/c1-19-12-5-3-11(4-6-12)15(18)9-10-2-7-13(16)14(17)8-10/h2-8H,9H2,1H3. The Morgan fingerprint density at radius 1 is 1.21 bits per heavy atom. The van der Waals surface area contributed by atoms with E-state index in [0.717, 1.165) is 4.90 Å². The van der Waals surface area contributed by atoms with Gasteiger partial charge in [0.2, 0.25) is 0 Å². The van der Waals surface area contributed by atoms with Crippen LogP contribution in [0.5, 0.6) is 0 Å². The van der Waals surface area contributed by atoms with Gasteiger partial charge in [-0.15, -0.1) is 11.8 Å². The summed E-state index contributed by atoms with van der Waals surface area (Å²) in [5.74, 6) is -0.529. The van der Waals surface area contributed by atoms with Crippen LogP contribution >= 0.6 is 23.4 Å². The number of rotatable bonds is 4. The summed E-state index contributed by atoms with van der Waals surface area (Å²) < 4.78 is 13.3. The quantitative estimate of drug-likeness (QED) is 0.604. The van der Waals surface area contributed by atoms with Gasteiger partial charge in [-0.25, -0.2) is 4.39 Å². The molecule has 0 fully saturated rings. The van der Waals surface area contributed by atoms with Crippen molar-refractivity contribution in [2.45, 2.75) is 11.3 Å². The third kappa shape index (κ3) is 3.58. The third-order valence-electron chi connectivity index (χ3n) is 2.76. The monoisotopic (exact) mass is 294 g/mol. The Kier molecular flexibility index (Phi) is 4.61. The van der Waals surface area contributed by atoms with Crippen LogP contribution in [0.4, 0.5) is 4.39 Å². The second-order valence-electron chi connectivity index (χ2n) is 4.08. The second-order valence-corrected chi connectivity index (χ2v) is 5.36. The molecular weight excluding hydrogens is 283 g/mol. The van der Waals surface area contributed by atoms with Gasteiger partial charge in [0.25, 0.3) is 0 Å². The lowest BCUT2D eigenvalue weighted by Crippen LogP contribution is -2.03. The minimum atomic E-state index is -0.496. The number of benzene rings is 2. The van der Waals surface area contributed by atoms with E-state index in [2.05, 4.69) is 0 Å². The fourth-order valence-electron chi connectivity index (χ4n) is 1.71. The van der Waals surface area contributed by atoms with Crippen LogP contribution in [-0.4, -0.2) is 12.0 Å². The second kappa shape index (κ2) is 6.22. The largest absolute Gasteiger partial charge is 0.294 e. The van der Waals surface area contributed by atoms with Crippen LogP contribution in [0, 0.1) is 5.82 Å². The van der Waals surface area contributed by atoms with E-state index in [1.54, 1.807) is 30.0 Å². The van der Waals surface area contributed by atoms with Gasteiger partial charge in [-0.05, 0) is 36.1 Å². The molecule has 19 heavy (non-hydrogen) atoms. The van der Waals surface area contributed by atoms with Crippen LogP contribution in [0.1, 0.15) is 15.9 Å². The van der Waals surface area contributed by atoms with Gasteiger partial charge in [-0.1, -0.05) is 29.8 Å². The predicted octanol–water partition coefficient (Wildman–Crippen LogP) is 4.63. The Balaban J connectivity index is 2.13. The van der Waals surface area contributed by atoms with Gasteiger partial charge in [0.1, 0.15) is 5.82 Å². The van der Waals surface area contributed by atoms with E-state index in [4.69, 9.17) is 11.6 Å². The maximum absolute atomic E-state index is 13.3. The number of hydrogen-bond acceptors (Lipinski definition) is 2. The van der Waals surface area contributed by atoms with Crippen molar-refractivity contribution >= 4 is 29.1 Å². The SMILES string of the molecule is CSc1ccc(C(=O)Cc2ccc(Cl)c(F)c2)cc1. The van der Waals surface area contributed by atoms with Crippen LogP contribution in [0.2, 0.25) is 5.02 Å². The van der Waals surface area contributed by atoms with Gasteiger partial charge >= 0.3 is 0 Å². The van der Waals surface area contributed by atoms with E-state index in [1.807, 2.05) is 18.4 Å². The first-order chi connectivity index (χ1) is 9.10. The molecule has 1 nitrogen and oxygen atoms in total. The lowest BCUT2D eigenvalue weighted by atomic mass is 10.0. The highest BCUT2D eigenvalue weighted by Crippen LogP contribution is 2.18. The highest BCUT2D eigenvalue weighted by Gasteiger charge is 2.09. The molecule has 2 rings (SSSR count). The average Bonchev–Trinajstić information content (AvgIpc) is 2.43. The number of Topliss-reactive ketones (excluding diaryl/α,β-unsaturated/α-hetero) is 1. The molecule has 0 amide bonds. The summed E-state index contributed by atoms with van der Waals surface area (Å²) in [4.78, 5) is 13.2. The van der Waals surface area contributed by atoms with E-state index in [-0.39, 0.29) is 17.2 Å². The number of halogens is 2. The molecule has 4 heteroatoms. The highest BCUT2D eigenvalue weighted by atomic mass is 35.5. The van der Waals surface area contributed by atoms with Gasteiger partial charge in [-0.3, -0.25) is 4.79 Å². The molecule has 98 valence electrons. The zero-order valence-corrected chi connectivity index (χ0v) is 11.9. The van der Waals surface area contributed by atoms with Crippen molar-refractivity contribution in [3.8, 4) is 0 Å². The number of carbonyl (C=O) groups is 1. The fourth-order valence-corrected chi connectivity index (χ4v) is 2.24. The molecule has 0 spiro atoms. The normalized spacial score (nSPS) is 10.5. The smallest absolute Gasteiger partial charge is 0.167 e. The lowest BCUT2D eigenvalue weighted by molar-refractivity contribution is 0.0993. The molecular formula is C15H12ClFOS. The van der Waals surface area contributed by atoms with Crippen molar-refractivity contribution in [1.29, 1.82) is 0 Å². The first-order valence-electron chi connectivity index (χ1n) is 5.71. The van der Waals surface area contributed by atoms with Crippen LogP contribution in [0.15, 0.2) is 47.4 Å². The zero-order chi connectivity index (χ0) is 13.8. The summed E-state index contributed by atoms with van der Waals surface area (Å²) in [7, 11) is 0. The van der Waals surface area contributed by atoms with Crippen molar-refractivity contribution < 1.29 is 9.18 Å². The zero-order valence-electron chi connectivity index (χ0n) is 10.3. The Morgan fingerprint density at radius 3 is 2.47 bits per heavy atom. The van der Waals surface area contributed by atoms with Gasteiger partial charge in [0.15, 0.2) is 5.78 Å². The van der Waals surface area contributed by atoms with Crippen molar-refractivity contribution in [3.63, 3.8) is 0 Å². The van der Waals surface area contributed by atoms with Crippen LogP contribution in [-0.2, 0) is 6.42 Å². The molecule has 0 aliphatic heterocycles. The summed E-state index contributed by atoms with van der Waals surface area (Å²) >= 11 is 7.23. The van der Waals surface area contributed by atoms with Crippen LogP contribution in [0.3, 0.4) is 0 Å². The Morgan fingerprint density at radius 2 is 1.89 bits per heavy atom. The Labute approximate surface area is 120 Å². The molecule has 0 heterocycles. The molecule has 0 unspecified atom stereocenters. The average molecular weight is 295 g/mol. The van der Waals surface area contributed by atoms with Crippen molar-refractivity contribution in [1.82, 2.24) is 0 Å². The first kappa shape index (κ1) is 14.1. The van der Waals surface area contributed by atoms with E-state index in [9.17, 15) is 9.18 Å². The fraction of sp³-hybridized carbons (Fsp3) is 0.133. The molecule has 0 N–H and O–H groups in total. The minimum Gasteiger partial charge on any atom is -0.294 e. The molecule has 2 aromatic rings. The van der Waals surface area contributed by atoms with Crippen molar-refractivity contribution in [3.05, 3.63) is 64.4 Å². The number of ketones is 1. The van der Waals surface area contributed by atoms with Crippen molar-refractivity contribution in [2.24, 2.45) is 0 Å². The van der Waals surface area contributed by atoms with Crippen LogP contribution < -0.4 is 0 Å². The molecule has 0 radical (unpaired) electrons. The van der Waals surface area contributed by atoms with Gasteiger partial charge < -0.3 is 0 Å². The number of carbonyl (C=O) groups excluding carboxylic acids is 1. The summed E-state index contributed by atoms with van der Waals surface area (Å²) in [6, 6.07) is 11.8. The molecule has 0 aromatic heterocycles. The minimum absolute atomic E-state index is 0.0330. The lowest BCUT2D eigenvalue weighted by Gasteiger charge is -2.04. The van der Waals surface area contributed by atoms with E-state index in [1.165, 1.54) is 12.1 Å². The topological polar surface area (TPSA) is 17.1 Å². The van der Waals surface area contributed by atoms with E-state index >= 15 is 0 Å². The Hall–Kier alpha value is -1.32. The number of thioether (sulfide) groups is 1. The van der Waals surface area contributed by atoms with Crippen LogP contribution in [0.25, 0.3) is 0 Å². The first-order valence-corrected chi connectivity index (χ1v) is 7.31. The number of hydrogen-bond donors (Lipinski definition) is 0. The molecule has 0 atom stereocenters. The molecule has 0 aliphatic carbocycles. The molecule has 2 aromatic carbocycles. The summed E-state index contributed by atoms with van der Waals surface area (Å²) in [5, 5.41) is 0.0699. The van der Waals surface area contributed by atoms with Gasteiger partial charge in [-0.2, -0.15) is 0 Å². The maximum atomic E-state index is 13.3. The van der Waals surface area contributed by atoms with Gasteiger partial charge in [0.05, 0.1) is 5.02 Å².